The van der Waals surface area contributed by atoms with Crippen molar-refractivity contribution in [3.63, 3.8) is 0 Å². The van der Waals surface area contributed by atoms with Gasteiger partial charge in [-0.3, -0.25) is 14.5 Å². The summed E-state index contributed by atoms with van der Waals surface area (Å²) in [7, 11) is 1.77. The third-order valence-corrected chi connectivity index (χ3v) is 2.28. The molecule has 0 atom stereocenters. The number of aryl methyl sites for hydroxylation is 1. The van der Waals surface area contributed by atoms with Crippen LogP contribution < -0.4 is 10.6 Å². The van der Waals surface area contributed by atoms with Crippen molar-refractivity contribution < 1.29 is 4.79 Å². The molecule has 2 rings (SSSR count). The molecule has 2 heterocycles. The van der Waals surface area contributed by atoms with Crippen LogP contribution in [0.15, 0.2) is 18.7 Å². The second-order valence-corrected chi connectivity index (χ2v) is 3.84. The van der Waals surface area contributed by atoms with E-state index in [1.54, 1.807) is 24.3 Å². The van der Waals surface area contributed by atoms with E-state index in [4.69, 9.17) is 0 Å². The van der Waals surface area contributed by atoms with E-state index in [1.807, 2.05) is 6.92 Å². The highest BCUT2D eigenvalue weighted by molar-refractivity contribution is 5.92. The van der Waals surface area contributed by atoms with Gasteiger partial charge in [0.2, 0.25) is 0 Å². The smallest absolute Gasteiger partial charge is 0.271 e. The zero-order valence-corrected chi connectivity index (χ0v) is 10.8. The Hall–Kier alpha value is -2.51. The molecule has 0 aliphatic carbocycles. The molecule has 100 valence electrons. The minimum absolute atomic E-state index is 0.257. The molecule has 19 heavy (non-hydrogen) atoms. The maximum absolute atomic E-state index is 11.9. The fraction of sp³-hybridized carbons (Fsp3) is 0.364. The third kappa shape index (κ3) is 3.47. The van der Waals surface area contributed by atoms with Gasteiger partial charge in [0.1, 0.15) is 17.8 Å². The zero-order chi connectivity index (χ0) is 13.7. The number of carbonyl (C=O) groups is 1. The highest BCUT2D eigenvalue weighted by atomic mass is 16.1. The van der Waals surface area contributed by atoms with Gasteiger partial charge in [0.25, 0.3) is 5.91 Å². The Bertz CT molecular complexity index is 566. The number of aromatic nitrogens is 5. The summed E-state index contributed by atoms with van der Waals surface area (Å²) in [5, 5.41) is 9.75. The average molecular weight is 261 g/mol. The van der Waals surface area contributed by atoms with Crippen LogP contribution in [0.25, 0.3) is 0 Å². The van der Waals surface area contributed by atoms with Crippen molar-refractivity contribution in [1.82, 2.24) is 30.0 Å². The molecule has 0 aromatic carbocycles. The molecule has 0 spiro atoms. The molecule has 0 radical (unpaired) electrons. The Labute approximate surface area is 110 Å². The van der Waals surface area contributed by atoms with Gasteiger partial charge < -0.3 is 10.6 Å². The number of rotatable bonds is 5. The van der Waals surface area contributed by atoms with Crippen LogP contribution in [0.1, 0.15) is 23.2 Å². The van der Waals surface area contributed by atoms with Crippen LogP contribution in [-0.2, 0) is 13.6 Å². The quantitative estimate of drug-likeness (QED) is 0.784. The molecular formula is C11H15N7O. The van der Waals surface area contributed by atoms with Crippen LogP contribution in [0.3, 0.4) is 0 Å². The fourth-order valence-corrected chi connectivity index (χ4v) is 1.46. The maximum atomic E-state index is 11.9. The third-order valence-electron chi connectivity index (χ3n) is 2.28. The van der Waals surface area contributed by atoms with Crippen LogP contribution in [0.2, 0.25) is 0 Å². The molecule has 0 saturated heterocycles. The lowest BCUT2D eigenvalue weighted by Gasteiger charge is -2.04. The van der Waals surface area contributed by atoms with Crippen LogP contribution in [0.4, 0.5) is 5.82 Å². The molecule has 2 N–H and O–H groups in total. The first kappa shape index (κ1) is 12.9. The first-order valence-electron chi connectivity index (χ1n) is 5.87. The lowest BCUT2D eigenvalue weighted by Crippen LogP contribution is -2.25. The summed E-state index contributed by atoms with van der Waals surface area (Å²) in [5.41, 5.74) is 0.259. The van der Waals surface area contributed by atoms with E-state index in [1.165, 1.54) is 6.20 Å². The van der Waals surface area contributed by atoms with Gasteiger partial charge in [-0.15, -0.1) is 0 Å². The van der Waals surface area contributed by atoms with Gasteiger partial charge in [-0.25, -0.2) is 9.97 Å². The molecule has 1 amide bonds. The summed E-state index contributed by atoms with van der Waals surface area (Å²) in [6, 6.07) is 0. The van der Waals surface area contributed by atoms with Crippen molar-refractivity contribution in [1.29, 1.82) is 0 Å². The number of carbonyl (C=O) groups excluding carboxylic acids is 1. The Kier molecular flexibility index (Phi) is 4.01. The summed E-state index contributed by atoms with van der Waals surface area (Å²) in [4.78, 5) is 24.0. The van der Waals surface area contributed by atoms with E-state index in [-0.39, 0.29) is 18.1 Å². The van der Waals surface area contributed by atoms with Gasteiger partial charge in [-0.1, -0.05) is 0 Å². The summed E-state index contributed by atoms with van der Waals surface area (Å²) in [6.45, 7) is 2.92. The van der Waals surface area contributed by atoms with Gasteiger partial charge in [-0.05, 0) is 6.92 Å². The van der Waals surface area contributed by atoms with Crippen molar-refractivity contribution in [3.05, 3.63) is 30.2 Å². The van der Waals surface area contributed by atoms with E-state index in [0.29, 0.717) is 11.6 Å². The number of anilines is 1. The Morgan fingerprint density at radius 2 is 2.26 bits per heavy atom. The number of amides is 1. The van der Waals surface area contributed by atoms with Crippen molar-refractivity contribution in [2.45, 2.75) is 13.5 Å². The molecule has 0 saturated carbocycles. The number of hydrogen-bond donors (Lipinski definition) is 2. The molecule has 8 heteroatoms. The predicted molar refractivity (Wildman–Crippen MR) is 68.4 cm³/mol. The highest BCUT2D eigenvalue weighted by Crippen LogP contribution is 2.01. The highest BCUT2D eigenvalue weighted by Gasteiger charge is 2.09. The first-order valence-corrected chi connectivity index (χ1v) is 5.87. The molecule has 0 unspecified atom stereocenters. The van der Waals surface area contributed by atoms with Crippen LogP contribution >= 0.6 is 0 Å². The number of nitrogens with one attached hydrogen (secondary N) is 2. The molecule has 8 nitrogen and oxygen atoms in total. The van der Waals surface area contributed by atoms with Gasteiger partial charge in [0.05, 0.1) is 18.9 Å². The lowest BCUT2D eigenvalue weighted by atomic mass is 10.4. The van der Waals surface area contributed by atoms with Gasteiger partial charge in [0, 0.05) is 13.6 Å². The van der Waals surface area contributed by atoms with E-state index in [0.717, 1.165) is 6.54 Å². The average Bonchev–Trinajstić information content (AvgIpc) is 2.82. The SMILES string of the molecule is CCNc1cncc(C(=O)NCc2ncn(C)n2)n1. The van der Waals surface area contributed by atoms with E-state index < -0.39 is 0 Å². The molecule has 0 aliphatic heterocycles. The van der Waals surface area contributed by atoms with Crippen molar-refractivity contribution in [2.24, 2.45) is 7.05 Å². The summed E-state index contributed by atoms with van der Waals surface area (Å²) in [5.74, 6) is 0.817. The number of nitrogens with zero attached hydrogens (tertiary/aromatic N) is 5. The monoisotopic (exact) mass is 261 g/mol. The summed E-state index contributed by atoms with van der Waals surface area (Å²) >= 11 is 0. The van der Waals surface area contributed by atoms with Crippen molar-refractivity contribution >= 4 is 11.7 Å². The maximum Gasteiger partial charge on any atom is 0.271 e. The molecule has 0 bridgehead atoms. The second kappa shape index (κ2) is 5.89. The summed E-state index contributed by atoms with van der Waals surface area (Å²) < 4.78 is 1.58. The zero-order valence-electron chi connectivity index (χ0n) is 10.8. The minimum Gasteiger partial charge on any atom is -0.369 e. The van der Waals surface area contributed by atoms with Crippen LogP contribution in [-0.4, -0.2) is 37.2 Å². The predicted octanol–water partition coefficient (Wildman–Crippen LogP) is -0.0331. The van der Waals surface area contributed by atoms with Crippen LogP contribution in [0.5, 0.6) is 0 Å². The Morgan fingerprint density at radius 3 is 2.95 bits per heavy atom. The van der Waals surface area contributed by atoms with Gasteiger partial charge in [0.15, 0.2) is 5.82 Å². The van der Waals surface area contributed by atoms with Gasteiger partial charge in [-0.2, -0.15) is 5.10 Å². The largest absolute Gasteiger partial charge is 0.369 e. The molecule has 0 fully saturated rings. The Balaban J connectivity index is 1.97. The second-order valence-electron chi connectivity index (χ2n) is 3.84. The first-order chi connectivity index (χ1) is 9.19. The molecule has 2 aromatic rings. The topological polar surface area (TPSA) is 97.6 Å². The Morgan fingerprint density at radius 1 is 1.42 bits per heavy atom. The van der Waals surface area contributed by atoms with E-state index >= 15 is 0 Å². The number of hydrogen-bond acceptors (Lipinski definition) is 6. The molecule has 0 aliphatic rings. The minimum atomic E-state index is -0.306. The van der Waals surface area contributed by atoms with E-state index in [2.05, 4.69) is 30.7 Å². The fourth-order valence-electron chi connectivity index (χ4n) is 1.46. The van der Waals surface area contributed by atoms with Crippen molar-refractivity contribution in [3.8, 4) is 0 Å². The van der Waals surface area contributed by atoms with Gasteiger partial charge >= 0.3 is 0 Å². The van der Waals surface area contributed by atoms with E-state index in [9.17, 15) is 4.79 Å². The van der Waals surface area contributed by atoms with Crippen molar-refractivity contribution in [2.75, 3.05) is 11.9 Å². The van der Waals surface area contributed by atoms with Crippen LogP contribution in [0, 0.1) is 0 Å². The summed E-state index contributed by atoms with van der Waals surface area (Å²) in [6.07, 6.45) is 4.57. The molecule has 2 aromatic heterocycles. The molecular weight excluding hydrogens is 246 g/mol. The lowest BCUT2D eigenvalue weighted by molar-refractivity contribution is 0.0944. The standard InChI is InChI=1S/C11H15N7O/c1-3-13-9-5-12-4-8(16-9)11(19)14-6-10-15-7-18(2)17-10/h4-5,7H,3,6H2,1-2H3,(H,13,16)(H,14,19). The normalized spacial score (nSPS) is 10.2.